The Morgan fingerprint density at radius 2 is 2.31 bits per heavy atom. The Labute approximate surface area is 114 Å². The van der Waals surface area contributed by atoms with Crippen molar-refractivity contribution in [1.82, 2.24) is 0 Å². The fraction of sp³-hybridized carbons (Fsp3) is 0.538. The van der Waals surface area contributed by atoms with Crippen molar-refractivity contribution in [2.75, 3.05) is 6.61 Å². The maximum Gasteiger partial charge on any atom is 0.0551 e. The number of halogens is 2. The van der Waals surface area contributed by atoms with Gasteiger partial charge in [-0.2, -0.15) is 0 Å². The van der Waals surface area contributed by atoms with Gasteiger partial charge in [0.15, 0.2) is 0 Å². The Hall–Kier alpha value is 0.140. The van der Waals surface area contributed by atoms with Gasteiger partial charge in [-0.1, -0.05) is 44.0 Å². The highest BCUT2D eigenvalue weighted by Crippen LogP contribution is 2.29. The van der Waals surface area contributed by atoms with E-state index < -0.39 is 0 Å². The minimum Gasteiger partial charge on any atom is -0.378 e. The van der Waals surface area contributed by atoms with Crippen LogP contribution in [0.4, 0.5) is 0 Å². The number of ether oxygens (including phenoxy) is 1. The first kappa shape index (κ1) is 12.6. The molecule has 3 heteroatoms. The number of hydrogen-bond acceptors (Lipinski definition) is 1. The Morgan fingerprint density at radius 3 is 2.94 bits per heavy atom. The van der Waals surface area contributed by atoms with E-state index in [2.05, 4.69) is 63.0 Å². The van der Waals surface area contributed by atoms with Crippen LogP contribution < -0.4 is 0 Å². The minimum absolute atomic E-state index is 0.424. The van der Waals surface area contributed by atoms with E-state index in [0.29, 0.717) is 16.8 Å². The molecule has 0 spiro atoms. The van der Waals surface area contributed by atoms with Crippen LogP contribution in [0.5, 0.6) is 0 Å². The molecule has 2 rings (SSSR count). The summed E-state index contributed by atoms with van der Waals surface area (Å²) >= 11 is 7.30. The predicted molar refractivity (Wildman–Crippen MR) is 74.1 cm³/mol. The van der Waals surface area contributed by atoms with Crippen molar-refractivity contribution in [3.63, 3.8) is 0 Å². The summed E-state index contributed by atoms with van der Waals surface area (Å²) in [6, 6.07) is 8.52. The summed E-state index contributed by atoms with van der Waals surface area (Å²) in [6.45, 7) is 3.05. The van der Waals surface area contributed by atoms with Crippen molar-refractivity contribution < 1.29 is 4.74 Å². The van der Waals surface area contributed by atoms with Gasteiger partial charge in [0.25, 0.3) is 0 Å². The largest absolute Gasteiger partial charge is 0.378 e. The van der Waals surface area contributed by atoms with E-state index in [1.165, 1.54) is 12.0 Å². The summed E-state index contributed by atoms with van der Waals surface area (Å²) in [4.78, 5) is 0.520. The zero-order valence-electron chi connectivity index (χ0n) is 9.33. The molecule has 1 aromatic carbocycles. The summed E-state index contributed by atoms with van der Waals surface area (Å²) in [6.07, 6.45) is 2.66. The van der Waals surface area contributed by atoms with Gasteiger partial charge in [0.1, 0.15) is 0 Å². The van der Waals surface area contributed by atoms with E-state index in [0.717, 1.165) is 17.5 Å². The molecule has 1 aliphatic heterocycles. The molecule has 0 aromatic heterocycles. The van der Waals surface area contributed by atoms with E-state index in [1.807, 2.05) is 0 Å². The monoisotopic (exact) mass is 346 g/mol. The summed E-state index contributed by atoms with van der Waals surface area (Å²) < 4.78 is 6.76. The lowest BCUT2D eigenvalue weighted by Crippen LogP contribution is -2.17. The molecule has 1 aromatic rings. The normalized spacial score (nSPS) is 26.9. The molecule has 1 nitrogen and oxygen atoms in total. The van der Waals surface area contributed by atoms with Crippen molar-refractivity contribution in [2.45, 2.75) is 30.7 Å². The van der Waals surface area contributed by atoms with Crippen LogP contribution in [0.2, 0.25) is 0 Å². The quantitative estimate of drug-likeness (QED) is 0.745. The van der Waals surface area contributed by atoms with E-state index >= 15 is 0 Å². The standard InChI is InChI=1S/C13H16Br2O/c1-9-5-11(8-16-9)13(15)7-10-3-2-4-12(14)6-10/h2-4,6,9,11,13H,5,7-8H2,1H3. The third-order valence-corrected chi connectivity index (χ3v) is 4.63. The molecule has 16 heavy (non-hydrogen) atoms. The van der Waals surface area contributed by atoms with E-state index in [1.54, 1.807) is 0 Å². The summed E-state index contributed by atoms with van der Waals surface area (Å²) in [5.74, 6) is 0.647. The molecule has 0 aliphatic carbocycles. The maximum atomic E-state index is 5.61. The first-order valence-electron chi connectivity index (χ1n) is 5.65. The molecular weight excluding hydrogens is 332 g/mol. The molecule has 1 saturated heterocycles. The fourth-order valence-corrected chi connectivity index (χ4v) is 3.35. The predicted octanol–water partition coefficient (Wildman–Crippen LogP) is 4.18. The SMILES string of the molecule is CC1CC(C(Br)Cc2cccc(Br)c2)CO1. The zero-order chi connectivity index (χ0) is 11.5. The van der Waals surface area contributed by atoms with Gasteiger partial charge in [-0.15, -0.1) is 0 Å². The molecule has 1 fully saturated rings. The maximum absolute atomic E-state index is 5.61. The molecular formula is C13H16Br2O. The molecule has 3 unspecified atom stereocenters. The van der Waals surface area contributed by atoms with Crippen LogP contribution in [0.25, 0.3) is 0 Å². The minimum atomic E-state index is 0.424. The second-order valence-corrected chi connectivity index (χ2v) is 6.58. The van der Waals surface area contributed by atoms with Crippen molar-refractivity contribution >= 4 is 31.9 Å². The first-order valence-corrected chi connectivity index (χ1v) is 7.36. The van der Waals surface area contributed by atoms with E-state index in [9.17, 15) is 0 Å². The van der Waals surface area contributed by atoms with Gasteiger partial charge in [0.2, 0.25) is 0 Å². The Kier molecular flexibility index (Phi) is 4.45. The lowest BCUT2D eigenvalue weighted by Gasteiger charge is -2.16. The lowest BCUT2D eigenvalue weighted by molar-refractivity contribution is 0.120. The van der Waals surface area contributed by atoms with Crippen LogP contribution >= 0.6 is 31.9 Å². The summed E-state index contributed by atoms with van der Waals surface area (Å²) in [5.41, 5.74) is 1.37. The number of hydrogen-bond donors (Lipinski definition) is 0. The van der Waals surface area contributed by atoms with Gasteiger partial charge >= 0.3 is 0 Å². The van der Waals surface area contributed by atoms with E-state index in [-0.39, 0.29) is 0 Å². The molecule has 88 valence electrons. The third kappa shape index (κ3) is 3.31. The van der Waals surface area contributed by atoms with Crippen LogP contribution in [0.3, 0.4) is 0 Å². The van der Waals surface area contributed by atoms with Gasteiger partial charge in [-0.05, 0) is 43.4 Å². The molecule has 1 aliphatic rings. The molecule has 0 bridgehead atoms. The van der Waals surface area contributed by atoms with Crippen LogP contribution in [-0.4, -0.2) is 17.5 Å². The molecule has 0 saturated carbocycles. The molecule has 0 N–H and O–H groups in total. The van der Waals surface area contributed by atoms with Crippen molar-refractivity contribution in [3.05, 3.63) is 34.3 Å². The van der Waals surface area contributed by atoms with Crippen LogP contribution in [0, 0.1) is 5.92 Å². The molecule has 0 amide bonds. The van der Waals surface area contributed by atoms with Crippen molar-refractivity contribution in [1.29, 1.82) is 0 Å². The highest BCUT2D eigenvalue weighted by molar-refractivity contribution is 9.10. The van der Waals surface area contributed by atoms with Crippen LogP contribution in [-0.2, 0) is 11.2 Å². The van der Waals surface area contributed by atoms with Crippen LogP contribution in [0.1, 0.15) is 18.9 Å². The number of benzene rings is 1. The Balaban J connectivity index is 1.94. The van der Waals surface area contributed by atoms with Gasteiger partial charge in [-0.25, -0.2) is 0 Å². The number of rotatable bonds is 3. The van der Waals surface area contributed by atoms with E-state index in [4.69, 9.17) is 4.74 Å². The van der Waals surface area contributed by atoms with Gasteiger partial charge < -0.3 is 4.74 Å². The smallest absolute Gasteiger partial charge is 0.0551 e. The first-order chi connectivity index (χ1) is 7.65. The average Bonchev–Trinajstić information content (AvgIpc) is 2.65. The third-order valence-electron chi connectivity index (χ3n) is 3.06. The lowest BCUT2D eigenvalue weighted by atomic mass is 9.97. The van der Waals surface area contributed by atoms with Crippen molar-refractivity contribution in [3.8, 4) is 0 Å². The summed E-state index contributed by atoms with van der Waals surface area (Å²) in [5, 5.41) is 0. The van der Waals surface area contributed by atoms with Crippen LogP contribution in [0.15, 0.2) is 28.7 Å². The Bertz CT molecular complexity index is 354. The summed E-state index contributed by atoms with van der Waals surface area (Å²) in [7, 11) is 0. The van der Waals surface area contributed by atoms with Gasteiger partial charge in [0, 0.05) is 9.30 Å². The average molecular weight is 348 g/mol. The second kappa shape index (κ2) is 5.65. The molecule has 3 atom stereocenters. The number of alkyl halides is 1. The van der Waals surface area contributed by atoms with Gasteiger partial charge in [-0.3, -0.25) is 0 Å². The molecule has 1 heterocycles. The second-order valence-electron chi connectivity index (χ2n) is 4.49. The zero-order valence-corrected chi connectivity index (χ0v) is 12.5. The Morgan fingerprint density at radius 1 is 1.50 bits per heavy atom. The molecule has 0 radical (unpaired) electrons. The van der Waals surface area contributed by atoms with Gasteiger partial charge in [0.05, 0.1) is 12.7 Å². The van der Waals surface area contributed by atoms with Crippen molar-refractivity contribution in [2.24, 2.45) is 5.92 Å². The fourth-order valence-electron chi connectivity index (χ4n) is 2.16. The highest BCUT2D eigenvalue weighted by Gasteiger charge is 2.27. The topological polar surface area (TPSA) is 9.23 Å². The highest BCUT2D eigenvalue weighted by atomic mass is 79.9.